The highest BCUT2D eigenvalue weighted by molar-refractivity contribution is 5.31. The van der Waals surface area contributed by atoms with E-state index in [1.54, 1.807) is 7.11 Å². The lowest BCUT2D eigenvalue weighted by atomic mass is 9.81. The maximum Gasteiger partial charge on any atom is 0.119 e. The first-order chi connectivity index (χ1) is 9.10. The molecule has 1 aromatic rings. The Kier molecular flexibility index (Phi) is 6.89. The van der Waals surface area contributed by atoms with Gasteiger partial charge in [-0.05, 0) is 43.0 Å². The van der Waals surface area contributed by atoms with Crippen molar-refractivity contribution in [3.05, 3.63) is 29.8 Å². The van der Waals surface area contributed by atoms with Crippen molar-refractivity contribution in [1.29, 1.82) is 0 Å². The van der Waals surface area contributed by atoms with Crippen molar-refractivity contribution >= 4 is 0 Å². The molecule has 0 aliphatic heterocycles. The minimum atomic E-state index is 0.171. The number of nitrogens with one attached hydrogen (secondary N) is 1. The van der Waals surface area contributed by atoms with Crippen molar-refractivity contribution < 1.29 is 9.47 Å². The van der Waals surface area contributed by atoms with E-state index in [0.29, 0.717) is 6.61 Å². The normalized spacial score (nSPS) is 11.6. The van der Waals surface area contributed by atoms with Crippen molar-refractivity contribution in [3.63, 3.8) is 0 Å². The maximum atomic E-state index is 5.47. The molecule has 108 valence electrons. The molecule has 0 bridgehead atoms. The maximum absolute atomic E-state index is 5.47. The van der Waals surface area contributed by atoms with Gasteiger partial charge in [0.15, 0.2) is 0 Å². The number of hydrogen-bond donors (Lipinski definition) is 1. The summed E-state index contributed by atoms with van der Waals surface area (Å²) in [5, 5.41) is 3.39. The smallest absolute Gasteiger partial charge is 0.119 e. The van der Waals surface area contributed by atoms with E-state index in [1.165, 1.54) is 5.56 Å². The molecule has 0 aromatic heterocycles. The molecule has 0 heterocycles. The fraction of sp³-hybridized carbons (Fsp3) is 0.625. The molecule has 0 aliphatic carbocycles. The van der Waals surface area contributed by atoms with E-state index in [2.05, 4.69) is 43.4 Å². The Morgan fingerprint density at radius 3 is 2.37 bits per heavy atom. The van der Waals surface area contributed by atoms with Gasteiger partial charge in [-0.25, -0.2) is 0 Å². The molecule has 3 heteroatoms. The molecular formula is C16H27NO2. The van der Waals surface area contributed by atoms with Gasteiger partial charge in [0.05, 0.1) is 13.2 Å². The summed E-state index contributed by atoms with van der Waals surface area (Å²) in [6.07, 6.45) is 1.10. The van der Waals surface area contributed by atoms with Crippen molar-refractivity contribution in [2.75, 3.05) is 33.4 Å². The van der Waals surface area contributed by atoms with E-state index >= 15 is 0 Å². The van der Waals surface area contributed by atoms with Crippen LogP contribution in [0, 0.1) is 0 Å². The van der Waals surface area contributed by atoms with E-state index in [-0.39, 0.29) is 5.41 Å². The number of benzene rings is 1. The Morgan fingerprint density at radius 1 is 1.11 bits per heavy atom. The summed E-state index contributed by atoms with van der Waals surface area (Å²) >= 11 is 0. The Labute approximate surface area is 117 Å². The van der Waals surface area contributed by atoms with E-state index in [1.807, 2.05) is 6.92 Å². The Bertz CT molecular complexity index is 346. The van der Waals surface area contributed by atoms with E-state index in [9.17, 15) is 0 Å². The molecular weight excluding hydrogens is 238 g/mol. The molecule has 0 fully saturated rings. The zero-order chi connectivity index (χ0) is 14.1. The summed E-state index contributed by atoms with van der Waals surface area (Å²) in [4.78, 5) is 0. The second kappa shape index (κ2) is 8.18. The molecule has 3 nitrogen and oxygen atoms in total. The van der Waals surface area contributed by atoms with Crippen LogP contribution in [0.4, 0.5) is 0 Å². The van der Waals surface area contributed by atoms with Gasteiger partial charge in [0, 0.05) is 13.7 Å². The lowest BCUT2D eigenvalue weighted by molar-refractivity contribution is 0.198. The summed E-state index contributed by atoms with van der Waals surface area (Å²) in [5.41, 5.74) is 1.52. The largest absolute Gasteiger partial charge is 0.494 e. The van der Waals surface area contributed by atoms with Gasteiger partial charge >= 0.3 is 0 Å². The average Bonchev–Trinajstić information content (AvgIpc) is 2.39. The molecule has 1 N–H and O–H groups in total. The van der Waals surface area contributed by atoms with Crippen LogP contribution in [0.25, 0.3) is 0 Å². The van der Waals surface area contributed by atoms with Crippen LogP contribution in [0.3, 0.4) is 0 Å². The van der Waals surface area contributed by atoms with Crippen molar-refractivity contribution in [3.8, 4) is 5.75 Å². The highest BCUT2D eigenvalue weighted by atomic mass is 16.5. The summed E-state index contributed by atoms with van der Waals surface area (Å²) in [6.45, 7) is 9.96. The predicted molar refractivity (Wildman–Crippen MR) is 80.0 cm³/mol. The summed E-state index contributed by atoms with van der Waals surface area (Å²) < 4.78 is 10.5. The first-order valence-corrected chi connectivity index (χ1v) is 7.03. The minimum absolute atomic E-state index is 0.171. The summed E-state index contributed by atoms with van der Waals surface area (Å²) in [6, 6.07) is 8.44. The lowest BCUT2D eigenvalue weighted by Gasteiger charge is -2.25. The Hall–Kier alpha value is -1.06. The lowest BCUT2D eigenvalue weighted by Crippen LogP contribution is -2.27. The quantitative estimate of drug-likeness (QED) is 0.696. The average molecular weight is 265 g/mol. The number of methoxy groups -OCH3 is 1. The van der Waals surface area contributed by atoms with Gasteiger partial charge in [0.2, 0.25) is 0 Å². The predicted octanol–water partition coefficient (Wildman–Crippen LogP) is 2.99. The third-order valence-corrected chi connectivity index (χ3v) is 3.36. The fourth-order valence-electron chi connectivity index (χ4n) is 2.01. The number of rotatable bonds is 9. The molecule has 0 saturated heterocycles. The molecule has 1 aromatic carbocycles. The zero-order valence-electron chi connectivity index (χ0n) is 12.7. The van der Waals surface area contributed by atoms with Gasteiger partial charge in [-0.3, -0.25) is 0 Å². The second-order valence-electron chi connectivity index (χ2n) is 5.33. The fourth-order valence-corrected chi connectivity index (χ4v) is 2.01. The first-order valence-electron chi connectivity index (χ1n) is 7.03. The summed E-state index contributed by atoms with van der Waals surface area (Å²) in [7, 11) is 1.73. The molecule has 0 spiro atoms. The van der Waals surface area contributed by atoms with Gasteiger partial charge in [0.25, 0.3) is 0 Å². The second-order valence-corrected chi connectivity index (χ2v) is 5.33. The van der Waals surface area contributed by atoms with Gasteiger partial charge < -0.3 is 14.8 Å². The van der Waals surface area contributed by atoms with Crippen LogP contribution in [0.5, 0.6) is 5.75 Å². The number of ether oxygens (including phenoxy) is 2. The van der Waals surface area contributed by atoms with Crippen LogP contribution >= 0.6 is 0 Å². The number of hydrogen-bond acceptors (Lipinski definition) is 3. The molecule has 0 unspecified atom stereocenters. The van der Waals surface area contributed by atoms with E-state index in [0.717, 1.165) is 31.9 Å². The Balaban J connectivity index is 2.46. The first kappa shape index (κ1) is 16.0. The summed E-state index contributed by atoms with van der Waals surface area (Å²) in [5.74, 6) is 0.945. The van der Waals surface area contributed by atoms with Crippen LogP contribution < -0.4 is 10.1 Å². The molecule has 0 saturated carbocycles. The van der Waals surface area contributed by atoms with Crippen LogP contribution in [-0.2, 0) is 10.2 Å². The van der Waals surface area contributed by atoms with Crippen LogP contribution in [0.15, 0.2) is 24.3 Å². The van der Waals surface area contributed by atoms with Crippen molar-refractivity contribution in [1.82, 2.24) is 5.32 Å². The highest BCUT2D eigenvalue weighted by Gasteiger charge is 2.19. The van der Waals surface area contributed by atoms with Gasteiger partial charge in [-0.1, -0.05) is 26.0 Å². The third-order valence-electron chi connectivity index (χ3n) is 3.36. The zero-order valence-corrected chi connectivity index (χ0v) is 12.7. The molecule has 19 heavy (non-hydrogen) atoms. The molecule has 0 aliphatic rings. The monoisotopic (exact) mass is 265 g/mol. The van der Waals surface area contributed by atoms with Crippen LogP contribution in [0.2, 0.25) is 0 Å². The molecule has 0 atom stereocenters. The Morgan fingerprint density at radius 2 is 1.79 bits per heavy atom. The van der Waals surface area contributed by atoms with E-state index < -0.39 is 0 Å². The van der Waals surface area contributed by atoms with Crippen LogP contribution in [-0.4, -0.2) is 33.4 Å². The molecule has 1 rings (SSSR count). The standard InChI is InChI=1S/C16H27NO2/c1-5-19-15-8-6-14(7-9-15)16(2,3)10-11-17-12-13-18-4/h6-9,17H,5,10-13H2,1-4H3. The third kappa shape index (κ3) is 5.62. The van der Waals surface area contributed by atoms with E-state index in [4.69, 9.17) is 9.47 Å². The molecule has 0 amide bonds. The van der Waals surface area contributed by atoms with Crippen molar-refractivity contribution in [2.24, 2.45) is 0 Å². The molecule has 0 radical (unpaired) electrons. The van der Waals surface area contributed by atoms with Gasteiger partial charge in [0.1, 0.15) is 5.75 Å². The highest BCUT2D eigenvalue weighted by Crippen LogP contribution is 2.28. The van der Waals surface area contributed by atoms with Gasteiger partial charge in [-0.2, -0.15) is 0 Å². The van der Waals surface area contributed by atoms with Crippen molar-refractivity contribution in [2.45, 2.75) is 32.6 Å². The minimum Gasteiger partial charge on any atom is -0.494 e. The topological polar surface area (TPSA) is 30.5 Å². The van der Waals surface area contributed by atoms with Crippen LogP contribution in [0.1, 0.15) is 32.8 Å². The van der Waals surface area contributed by atoms with Gasteiger partial charge in [-0.15, -0.1) is 0 Å². The SMILES string of the molecule is CCOc1ccc(C(C)(C)CCNCCOC)cc1.